The maximum Gasteiger partial charge on any atom is 0.179 e. The summed E-state index contributed by atoms with van der Waals surface area (Å²) in [6.45, 7) is 0. The molecule has 0 amide bonds. The van der Waals surface area contributed by atoms with Crippen LogP contribution >= 0.6 is 0 Å². The van der Waals surface area contributed by atoms with Gasteiger partial charge in [0.25, 0.3) is 0 Å². The normalized spacial score (nSPS) is 12.0. The Kier molecular flexibility index (Phi) is 9.23. The molecule has 0 fully saturated rings. The Morgan fingerprint density at radius 2 is 0.657 bits per heavy atom. The summed E-state index contributed by atoms with van der Waals surface area (Å²) in [6, 6.07) is 101. The summed E-state index contributed by atoms with van der Waals surface area (Å²) in [5.41, 5.74) is 13.0. The molecule has 0 unspecified atom stereocenters. The van der Waals surface area contributed by atoms with E-state index in [1.807, 2.05) is 0 Å². The highest BCUT2D eigenvalue weighted by atomic mass is 28.3. The fourth-order valence-corrected chi connectivity index (χ4v) is 16.6. The lowest BCUT2D eigenvalue weighted by atomic mass is 10.0. The number of nitrogens with zero attached hydrogens (tertiary/aromatic N) is 3. The molecule has 0 saturated carbocycles. The first-order valence-corrected chi connectivity index (χ1v) is 26.2. The molecule has 0 saturated heterocycles. The van der Waals surface area contributed by atoms with E-state index in [1.54, 1.807) is 0 Å². The van der Waals surface area contributed by atoms with E-state index in [0.29, 0.717) is 0 Å². The quantitative estimate of drug-likeness (QED) is 0.107. The summed E-state index contributed by atoms with van der Waals surface area (Å²) in [7, 11) is -2.81. The molecular weight excluding hydrogens is 863 g/mol. The SMILES string of the molecule is c1ccc(-n2c3ccccc3c3cc(-n4c5ccccc5c5cc(-c6ccccc6-n6c7ccccc7c7ccc([Si](c8ccccc8)(c8ccccc8)c8ccccc8)cc76)ccc54)ccc32)cc1. The van der Waals surface area contributed by atoms with Crippen molar-refractivity contribution >= 4 is 94.2 Å². The summed E-state index contributed by atoms with van der Waals surface area (Å²) < 4.78 is 7.36. The van der Waals surface area contributed by atoms with Crippen LogP contribution in [0.1, 0.15) is 0 Å². The van der Waals surface area contributed by atoms with E-state index in [0.717, 1.165) is 17.1 Å². The number of rotatable bonds is 8. The van der Waals surface area contributed by atoms with Crippen molar-refractivity contribution in [3.8, 4) is 28.2 Å². The lowest BCUT2D eigenvalue weighted by molar-refractivity contribution is 1.16. The van der Waals surface area contributed by atoms with Crippen molar-refractivity contribution in [2.45, 2.75) is 0 Å². The van der Waals surface area contributed by atoms with Gasteiger partial charge in [-0.25, -0.2) is 0 Å². The van der Waals surface area contributed by atoms with E-state index >= 15 is 0 Å². The molecule has 0 bridgehead atoms. The predicted molar refractivity (Wildman–Crippen MR) is 299 cm³/mol. The highest BCUT2D eigenvalue weighted by molar-refractivity contribution is 7.20. The molecule has 3 heterocycles. The monoisotopic (exact) mass is 907 g/mol. The highest BCUT2D eigenvalue weighted by Crippen LogP contribution is 2.41. The molecule has 0 N–H and O–H groups in total. The summed E-state index contributed by atoms with van der Waals surface area (Å²) in [5.74, 6) is 0. The molecule has 0 radical (unpaired) electrons. The fourth-order valence-electron chi connectivity index (χ4n) is 11.8. The number of hydrogen-bond acceptors (Lipinski definition) is 0. The zero-order valence-corrected chi connectivity index (χ0v) is 39.3. The number of benzene rings is 11. The molecule has 14 aromatic rings. The van der Waals surface area contributed by atoms with Gasteiger partial charge in [0.15, 0.2) is 8.07 Å². The van der Waals surface area contributed by atoms with Gasteiger partial charge in [0, 0.05) is 49.3 Å². The maximum absolute atomic E-state index is 2.81. The van der Waals surface area contributed by atoms with E-state index in [4.69, 9.17) is 0 Å². The molecule has 0 aliphatic heterocycles. The van der Waals surface area contributed by atoms with Gasteiger partial charge in [-0.05, 0) is 99.1 Å². The van der Waals surface area contributed by atoms with Crippen LogP contribution in [0.4, 0.5) is 0 Å². The summed E-state index contributed by atoms with van der Waals surface area (Å²) >= 11 is 0. The Morgan fingerprint density at radius 3 is 1.26 bits per heavy atom. The van der Waals surface area contributed by atoms with Crippen LogP contribution in [0.15, 0.2) is 273 Å². The van der Waals surface area contributed by atoms with Gasteiger partial charge < -0.3 is 13.7 Å². The van der Waals surface area contributed by atoms with Gasteiger partial charge in [0.1, 0.15) is 0 Å². The van der Waals surface area contributed by atoms with Gasteiger partial charge in [-0.1, -0.05) is 200 Å². The lowest BCUT2D eigenvalue weighted by Gasteiger charge is -2.34. The molecule has 4 heteroatoms. The van der Waals surface area contributed by atoms with Crippen molar-refractivity contribution in [3.05, 3.63) is 273 Å². The molecule has 3 aromatic heterocycles. The lowest BCUT2D eigenvalue weighted by Crippen LogP contribution is -2.74. The average molecular weight is 908 g/mol. The van der Waals surface area contributed by atoms with Crippen molar-refractivity contribution in [1.29, 1.82) is 0 Å². The fraction of sp³-hybridized carbons (Fsp3) is 0. The molecule has 11 aromatic carbocycles. The van der Waals surface area contributed by atoms with Crippen LogP contribution in [0.5, 0.6) is 0 Å². The van der Waals surface area contributed by atoms with Gasteiger partial charge in [0.2, 0.25) is 0 Å². The number of fused-ring (bicyclic) bond motifs is 9. The Hall–Kier alpha value is -8.96. The minimum absolute atomic E-state index is 1.14. The van der Waals surface area contributed by atoms with Gasteiger partial charge in [-0.15, -0.1) is 0 Å². The minimum atomic E-state index is -2.81. The van der Waals surface area contributed by atoms with E-state index < -0.39 is 8.07 Å². The first-order chi connectivity index (χ1) is 34.8. The Balaban J connectivity index is 0.974. The summed E-state index contributed by atoms with van der Waals surface area (Å²) in [5, 5.41) is 12.9. The molecule has 0 aliphatic rings. The number of aromatic nitrogens is 3. The van der Waals surface area contributed by atoms with Crippen LogP contribution in [-0.4, -0.2) is 21.8 Å². The molecule has 70 heavy (non-hydrogen) atoms. The Labute approximate surface area is 407 Å². The van der Waals surface area contributed by atoms with E-state index in [2.05, 4.69) is 287 Å². The minimum Gasteiger partial charge on any atom is -0.309 e. The highest BCUT2D eigenvalue weighted by Gasteiger charge is 2.41. The topological polar surface area (TPSA) is 14.8 Å². The Morgan fingerprint density at radius 1 is 0.229 bits per heavy atom. The average Bonchev–Trinajstić information content (AvgIpc) is 4.07. The van der Waals surface area contributed by atoms with Gasteiger partial charge in [-0.2, -0.15) is 0 Å². The van der Waals surface area contributed by atoms with E-state index in [9.17, 15) is 0 Å². The molecular formula is C66H45N3Si. The van der Waals surface area contributed by atoms with Crippen LogP contribution < -0.4 is 20.7 Å². The van der Waals surface area contributed by atoms with Crippen molar-refractivity contribution in [2.75, 3.05) is 0 Å². The van der Waals surface area contributed by atoms with Crippen LogP contribution in [0, 0.1) is 0 Å². The van der Waals surface area contributed by atoms with Crippen molar-refractivity contribution in [2.24, 2.45) is 0 Å². The van der Waals surface area contributed by atoms with Crippen molar-refractivity contribution in [3.63, 3.8) is 0 Å². The third kappa shape index (κ3) is 6.00. The zero-order chi connectivity index (χ0) is 46.2. The van der Waals surface area contributed by atoms with Gasteiger partial charge >= 0.3 is 0 Å². The van der Waals surface area contributed by atoms with Crippen LogP contribution in [0.25, 0.3) is 93.6 Å². The third-order valence-corrected chi connectivity index (χ3v) is 19.6. The van der Waals surface area contributed by atoms with Gasteiger partial charge in [-0.3, -0.25) is 0 Å². The van der Waals surface area contributed by atoms with Crippen LogP contribution in [0.2, 0.25) is 0 Å². The standard InChI is InChI=1S/C66H45N3Si/c1-5-21-47(22-6-1)67-61-34-18-16-32-56(61)59-44-48(38-42-65(59)67)68-62-35-19-15-31-55(62)58-43-46(37-41-64(58)68)53-29-13-17-33-60(53)69-63-36-20-14-30-54(63)57-40-39-52(45-66(57)69)70(49-23-7-2-8-24-49,50-25-9-3-10-26-50)51-27-11-4-12-28-51/h1-45H. The molecule has 0 spiro atoms. The largest absolute Gasteiger partial charge is 0.309 e. The molecule has 0 aliphatic carbocycles. The van der Waals surface area contributed by atoms with Crippen molar-refractivity contribution < 1.29 is 0 Å². The molecule has 3 nitrogen and oxygen atoms in total. The van der Waals surface area contributed by atoms with Crippen LogP contribution in [0.3, 0.4) is 0 Å². The zero-order valence-electron chi connectivity index (χ0n) is 38.3. The first kappa shape index (κ1) is 40.1. The van der Waals surface area contributed by atoms with Crippen LogP contribution in [-0.2, 0) is 0 Å². The van der Waals surface area contributed by atoms with E-state index in [1.165, 1.54) is 97.3 Å². The third-order valence-electron chi connectivity index (χ3n) is 14.8. The predicted octanol–water partition coefficient (Wildman–Crippen LogP) is 14.0. The second-order valence-electron chi connectivity index (χ2n) is 18.4. The Bertz CT molecular complexity index is 4180. The first-order valence-electron chi connectivity index (χ1n) is 24.2. The molecule has 328 valence electrons. The number of para-hydroxylation sites is 5. The molecule has 14 rings (SSSR count). The smallest absolute Gasteiger partial charge is 0.179 e. The molecule has 0 atom stereocenters. The second kappa shape index (κ2) is 16.1. The van der Waals surface area contributed by atoms with Gasteiger partial charge in [0.05, 0.1) is 38.8 Å². The maximum atomic E-state index is 2.53. The van der Waals surface area contributed by atoms with E-state index in [-0.39, 0.29) is 0 Å². The summed E-state index contributed by atoms with van der Waals surface area (Å²) in [4.78, 5) is 0. The summed E-state index contributed by atoms with van der Waals surface area (Å²) in [6.07, 6.45) is 0. The second-order valence-corrected chi connectivity index (χ2v) is 22.2. The number of hydrogen-bond donors (Lipinski definition) is 0. The van der Waals surface area contributed by atoms with Crippen molar-refractivity contribution in [1.82, 2.24) is 13.7 Å².